The second-order valence-corrected chi connectivity index (χ2v) is 19.6. The largest absolute Gasteiger partial charge is 0.361 e. The van der Waals surface area contributed by atoms with Crippen molar-refractivity contribution in [1.82, 2.24) is 19.4 Å². The number of aromatic nitrogens is 3. The Bertz CT molecular complexity index is 1750. The van der Waals surface area contributed by atoms with Crippen molar-refractivity contribution in [1.29, 1.82) is 5.26 Å². The molecule has 0 radical (unpaired) electrons. The minimum atomic E-state index is -3.36. The van der Waals surface area contributed by atoms with E-state index in [0.717, 1.165) is 25.1 Å². The highest BCUT2D eigenvalue weighted by Gasteiger charge is 2.44. The van der Waals surface area contributed by atoms with E-state index in [9.17, 15) is 10.1 Å². The molecule has 2 aromatic rings. The number of pyridine rings is 1. The lowest BCUT2D eigenvalue weighted by atomic mass is 9.72. The maximum atomic E-state index is 13.9. The van der Waals surface area contributed by atoms with Crippen LogP contribution in [-0.2, 0) is 11.5 Å². The van der Waals surface area contributed by atoms with Crippen molar-refractivity contribution in [2.24, 2.45) is 5.41 Å². The van der Waals surface area contributed by atoms with Crippen LogP contribution in [0.2, 0.25) is 25.7 Å². The van der Waals surface area contributed by atoms with Crippen molar-refractivity contribution in [3.05, 3.63) is 47.3 Å². The first-order valence-electron chi connectivity index (χ1n) is 20.7. The number of hydrogen-bond acceptors (Lipinski definition) is 6. The van der Waals surface area contributed by atoms with Crippen molar-refractivity contribution in [2.45, 2.75) is 123 Å². The molecule has 0 unspecified atom stereocenters. The summed E-state index contributed by atoms with van der Waals surface area (Å²) in [4.78, 5) is 23.5. The van der Waals surface area contributed by atoms with Crippen LogP contribution in [0.25, 0.3) is 5.57 Å². The van der Waals surface area contributed by atoms with Gasteiger partial charge in [-0.05, 0) is 95.7 Å². The zero-order valence-corrected chi connectivity index (χ0v) is 27.1. The quantitative estimate of drug-likeness (QED) is 0.229. The number of likely N-dealkylation sites (tertiary alicyclic amines) is 1. The van der Waals surface area contributed by atoms with Gasteiger partial charge in [-0.1, -0.05) is 39.6 Å². The van der Waals surface area contributed by atoms with Crippen molar-refractivity contribution in [3.8, 4) is 6.07 Å². The molecule has 1 amide bonds. The zero-order chi connectivity index (χ0) is 41.8. The Kier molecular flexibility index (Phi) is 5.80. The first kappa shape index (κ1) is 20.3. The van der Waals surface area contributed by atoms with Gasteiger partial charge in [0.2, 0.25) is 5.82 Å². The number of nitrogens with zero attached hydrogens (tertiary/aromatic N) is 5. The number of piperidine rings is 1. The van der Waals surface area contributed by atoms with E-state index in [1.807, 2.05) is 12.1 Å². The molecule has 0 aromatic carbocycles. The molecule has 3 heterocycles. The summed E-state index contributed by atoms with van der Waals surface area (Å²) in [5, 5.41) is 12.4. The van der Waals surface area contributed by atoms with Gasteiger partial charge in [0.1, 0.15) is 12.8 Å². The number of rotatable bonds is 9. The topological polar surface area (TPSA) is 96.1 Å². The summed E-state index contributed by atoms with van der Waals surface area (Å²) in [6, 6.07) is 5.78. The molecule has 2 aliphatic rings. The van der Waals surface area contributed by atoms with E-state index in [-0.39, 0.29) is 40.7 Å². The zero-order valence-electron chi connectivity index (χ0n) is 38.1. The first-order valence-corrected chi connectivity index (χ1v) is 18.4. The van der Waals surface area contributed by atoms with Gasteiger partial charge in [-0.15, -0.1) is 0 Å². The monoisotopic (exact) mass is 616 g/mol. The van der Waals surface area contributed by atoms with E-state index in [1.54, 1.807) is 0 Å². The molecule has 0 saturated carbocycles. The summed E-state index contributed by atoms with van der Waals surface area (Å²) in [5.74, 6) is -2.02. The molecule has 1 saturated heterocycles. The third-order valence-electron chi connectivity index (χ3n) is 8.41. The number of carbonyl (C=O) groups excluding carboxylic acids is 1. The molecule has 1 aliphatic carbocycles. The molecule has 234 valence electrons. The number of imidazole rings is 1. The summed E-state index contributed by atoms with van der Waals surface area (Å²) in [5.41, 5.74) is -4.47. The van der Waals surface area contributed by atoms with Gasteiger partial charge >= 0.3 is 0 Å². The third-order valence-corrected chi connectivity index (χ3v) is 10.1. The van der Waals surface area contributed by atoms with Crippen LogP contribution in [0.5, 0.6) is 0 Å². The number of hydrogen-bond donors (Lipinski definition) is 1. The fourth-order valence-corrected chi connectivity index (χ4v) is 6.16. The number of carbonyl (C=O) groups is 1. The molecule has 43 heavy (non-hydrogen) atoms. The highest BCUT2D eigenvalue weighted by molar-refractivity contribution is 6.76. The summed E-state index contributed by atoms with van der Waals surface area (Å²) < 4.78 is 109. The van der Waals surface area contributed by atoms with E-state index < -0.39 is 71.2 Å². The summed E-state index contributed by atoms with van der Waals surface area (Å²) >= 11 is 0. The Morgan fingerprint density at radius 3 is 2.47 bits per heavy atom. The SMILES string of the molecule is [2H]C([2H])([2H])C1(C([2H])([2H])[2H])CC(c2ccc(NC(=O)c3nc(C#N)cn3COCC[Si](C)(C)C)c(C3=CCC(C)(C)CC3)n2)CC(C([2H])([2H])[2H])(C([2H])([2H])[2H])N1C. The number of amides is 1. The molecule has 1 fully saturated rings. The average molecular weight is 617 g/mol. The maximum absolute atomic E-state index is 13.9. The molecular weight excluding hydrogens is 553 g/mol. The number of ether oxygens (including phenoxy) is 1. The predicted octanol–water partition coefficient (Wildman–Crippen LogP) is 7.67. The van der Waals surface area contributed by atoms with Crippen LogP contribution in [0.4, 0.5) is 5.69 Å². The van der Waals surface area contributed by atoms with Gasteiger partial charge in [0, 0.05) is 60.0 Å². The molecule has 4 rings (SSSR count). The van der Waals surface area contributed by atoms with Crippen LogP contribution in [0, 0.1) is 16.7 Å². The van der Waals surface area contributed by atoms with Crippen LogP contribution < -0.4 is 5.32 Å². The normalized spacial score (nSPS) is 25.7. The average Bonchev–Trinajstić information content (AvgIpc) is 3.44. The van der Waals surface area contributed by atoms with Crippen molar-refractivity contribution >= 4 is 25.2 Å². The van der Waals surface area contributed by atoms with Gasteiger partial charge in [0.25, 0.3) is 5.91 Å². The van der Waals surface area contributed by atoms with Gasteiger partial charge in [0.05, 0.1) is 11.4 Å². The molecule has 1 aliphatic heterocycles. The molecular formula is C34H52N6O2Si. The van der Waals surface area contributed by atoms with Crippen molar-refractivity contribution < 1.29 is 26.0 Å². The lowest BCUT2D eigenvalue weighted by molar-refractivity contribution is -0.0134. The fraction of sp³-hybridized carbons (Fsp3) is 0.647. The van der Waals surface area contributed by atoms with Gasteiger partial charge < -0.3 is 14.6 Å². The van der Waals surface area contributed by atoms with Gasteiger partial charge in [-0.3, -0.25) is 14.7 Å². The summed E-state index contributed by atoms with van der Waals surface area (Å²) in [7, 11) is -0.427. The van der Waals surface area contributed by atoms with Crippen LogP contribution in [0.15, 0.2) is 24.4 Å². The Hall–Kier alpha value is -2.80. The highest BCUT2D eigenvalue weighted by atomic mass is 28.3. The Morgan fingerprint density at radius 2 is 1.88 bits per heavy atom. The standard InChI is InChI=1S/C34H52N6O2Si/c1-32(2)15-13-24(14-16-32)29-28(12-11-27(37-29)25-19-33(3,4)39(7)34(5,6)20-25)38-31(41)30-36-26(21-35)22-40(30)23-42-17-18-43(8,9)10/h11-13,22,25H,14-20,23H2,1-10H3,(H,38,41)/i3D3,4D3,5D3,6D3. The van der Waals surface area contributed by atoms with Gasteiger partial charge in [-0.2, -0.15) is 5.26 Å². The van der Waals surface area contributed by atoms with Crippen LogP contribution in [-0.4, -0.2) is 58.1 Å². The number of anilines is 1. The predicted molar refractivity (Wildman–Crippen MR) is 177 cm³/mol. The maximum Gasteiger partial charge on any atom is 0.291 e. The van der Waals surface area contributed by atoms with E-state index in [0.29, 0.717) is 24.3 Å². The first-order chi connectivity index (χ1) is 24.9. The van der Waals surface area contributed by atoms with Crippen molar-refractivity contribution in [2.75, 3.05) is 19.0 Å². The molecule has 0 atom stereocenters. The number of allylic oxidation sites excluding steroid dienone is 2. The lowest BCUT2D eigenvalue weighted by Gasteiger charge is -2.53. The van der Waals surface area contributed by atoms with Gasteiger partial charge in [0.15, 0.2) is 5.69 Å². The number of nitrogens with one attached hydrogen (secondary N) is 1. The van der Waals surface area contributed by atoms with Crippen LogP contribution in [0.3, 0.4) is 0 Å². The summed E-state index contributed by atoms with van der Waals surface area (Å²) in [6.45, 7) is -2.14. The van der Waals surface area contributed by atoms with Crippen molar-refractivity contribution in [3.63, 3.8) is 0 Å². The summed E-state index contributed by atoms with van der Waals surface area (Å²) in [6.07, 6.45) is 4.03. The lowest BCUT2D eigenvalue weighted by Crippen LogP contribution is -2.58. The van der Waals surface area contributed by atoms with Crippen LogP contribution in [0.1, 0.15) is 123 Å². The Balaban J connectivity index is 1.87. The smallest absolute Gasteiger partial charge is 0.291 e. The molecule has 0 bridgehead atoms. The van der Waals surface area contributed by atoms with E-state index in [1.165, 1.54) is 22.9 Å². The molecule has 0 spiro atoms. The molecule has 1 N–H and O–H groups in total. The van der Waals surface area contributed by atoms with E-state index >= 15 is 0 Å². The molecule has 9 heteroatoms. The Morgan fingerprint density at radius 1 is 1.19 bits per heavy atom. The minimum Gasteiger partial charge on any atom is -0.361 e. The molecule has 2 aromatic heterocycles. The van der Waals surface area contributed by atoms with Crippen LogP contribution >= 0.6 is 0 Å². The second-order valence-electron chi connectivity index (χ2n) is 13.9. The minimum absolute atomic E-state index is 0.00567. The fourth-order valence-electron chi connectivity index (χ4n) is 5.40. The van der Waals surface area contributed by atoms with E-state index in [4.69, 9.17) is 26.2 Å². The van der Waals surface area contributed by atoms with Gasteiger partial charge in [-0.25, -0.2) is 4.98 Å². The number of nitriles is 1. The Labute approximate surface area is 276 Å². The highest BCUT2D eigenvalue weighted by Crippen LogP contribution is 2.45. The molecule has 8 nitrogen and oxygen atoms in total. The van der Waals surface area contributed by atoms with E-state index in [2.05, 4.69) is 43.8 Å². The third kappa shape index (κ3) is 8.03. The second kappa shape index (κ2) is 12.3.